The topological polar surface area (TPSA) is 21.8 Å². The highest BCUT2D eigenvalue weighted by Gasteiger charge is 2.23. The summed E-state index contributed by atoms with van der Waals surface area (Å²) in [7, 11) is 0. The second-order valence-electron chi connectivity index (χ2n) is 3.29. The molecule has 0 amide bonds. The zero-order valence-electron chi connectivity index (χ0n) is 9.12. The summed E-state index contributed by atoms with van der Waals surface area (Å²) < 4.78 is 10.7. The van der Waals surface area contributed by atoms with Gasteiger partial charge < -0.3 is 9.47 Å². The molecule has 1 fully saturated rings. The predicted molar refractivity (Wildman–Crippen MR) is 58.0 cm³/mol. The van der Waals surface area contributed by atoms with Crippen LogP contribution in [0.4, 0.5) is 0 Å². The molecule has 0 saturated carbocycles. The maximum absolute atomic E-state index is 5.61. The van der Waals surface area contributed by atoms with Crippen molar-refractivity contribution >= 4 is 0 Å². The Morgan fingerprint density at radius 1 is 1.50 bits per heavy atom. The van der Waals surface area contributed by atoms with Gasteiger partial charge in [0, 0.05) is 0 Å². The van der Waals surface area contributed by atoms with E-state index < -0.39 is 0 Å². The molecule has 2 heteroatoms. The van der Waals surface area contributed by atoms with Crippen molar-refractivity contribution < 1.29 is 9.47 Å². The lowest BCUT2D eigenvalue weighted by Gasteiger charge is -2.08. The van der Waals surface area contributed by atoms with E-state index in [0.717, 1.165) is 17.9 Å². The van der Waals surface area contributed by atoms with E-state index in [0.29, 0.717) is 12.7 Å². The van der Waals surface area contributed by atoms with Gasteiger partial charge in [0.2, 0.25) is 0 Å². The van der Waals surface area contributed by atoms with Gasteiger partial charge in [-0.05, 0) is 32.4 Å². The molecule has 0 aromatic carbocycles. The van der Waals surface area contributed by atoms with Crippen molar-refractivity contribution in [2.75, 3.05) is 13.2 Å². The van der Waals surface area contributed by atoms with Crippen LogP contribution in [0, 0.1) is 0 Å². The van der Waals surface area contributed by atoms with Gasteiger partial charge in [-0.25, -0.2) is 0 Å². The van der Waals surface area contributed by atoms with Crippen LogP contribution in [0.25, 0.3) is 0 Å². The number of ether oxygens (including phenoxy) is 2. The fourth-order valence-corrected chi connectivity index (χ4v) is 1.09. The van der Waals surface area contributed by atoms with E-state index in [2.05, 4.69) is 0 Å². The molecule has 1 unspecified atom stereocenters. The van der Waals surface area contributed by atoms with Crippen LogP contribution in [0.3, 0.4) is 0 Å². The van der Waals surface area contributed by atoms with Crippen LogP contribution in [0.5, 0.6) is 0 Å². The first-order chi connectivity index (χ1) is 6.77. The third kappa shape index (κ3) is 3.79. The van der Waals surface area contributed by atoms with Gasteiger partial charge in [-0.3, -0.25) is 0 Å². The predicted octanol–water partition coefficient (Wildman–Crippen LogP) is 2.83. The maximum Gasteiger partial charge on any atom is 0.118 e. The molecule has 1 aliphatic heterocycles. The molecule has 0 aromatic rings. The summed E-state index contributed by atoms with van der Waals surface area (Å²) in [5.41, 5.74) is 1.14. The summed E-state index contributed by atoms with van der Waals surface area (Å²) in [6.07, 6.45) is 8.36. The van der Waals surface area contributed by atoms with Crippen molar-refractivity contribution in [3.05, 3.63) is 35.6 Å². The number of allylic oxidation sites excluding steroid dienone is 5. The quantitative estimate of drug-likeness (QED) is 0.381. The first kappa shape index (κ1) is 11.1. The normalized spacial score (nSPS) is 22.9. The van der Waals surface area contributed by atoms with E-state index in [1.807, 2.05) is 45.1 Å². The summed E-state index contributed by atoms with van der Waals surface area (Å²) in [4.78, 5) is 0. The van der Waals surface area contributed by atoms with Crippen LogP contribution in [0.1, 0.15) is 20.8 Å². The Hall–Kier alpha value is -1.02. The average molecular weight is 194 g/mol. The molecular weight excluding hydrogens is 176 g/mol. The Labute approximate surface area is 85.9 Å². The van der Waals surface area contributed by atoms with Crippen LogP contribution < -0.4 is 0 Å². The Kier molecular flexibility index (Phi) is 4.47. The van der Waals surface area contributed by atoms with E-state index in [9.17, 15) is 0 Å². The first-order valence-corrected chi connectivity index (χ1v) is 4.98. The molecule has 0 N–H and O–H groups in total. The summed E-state index contributed by atoms with van der Waals surface area (Å²) in [5.74, 6) is 0.943. The number of hydrogen-bond acceptors (Lipinski definition) is 2. The third-order valence-corrected chi connectivity index (χ3v) is 2.02. The van der Waals surface area contributed by atoms with E-state index in [-0.39, 0.29) is 0 Å². The number of hydrogen-bond donors (Lipinski definition) is 0. The van der Waals surface area contributed by atoms with Gasteiger partial charge in [0.1, 0.15) is 18.5 Å². The van der Waals surface area contributed by atoms with E-state index >= 15 is 0 Å². The van der Waals surface area contributed by atoms with Crippen LogP contribution in [0.15, 0.2) is 35.6 Å². The van der Waals surface area contributed by atoms with E-state index in [1.165, 1.54) is 0 Å². The van der Waals surface area contributed by atoms with Crippen molar-refractivity contribution in [3.8, 4) is 0 Å². The molecule has 0 radical (unpaired) electrons. The minimum atomic E-state index is 0.319. The second kappa shape index (κ2) is 5.66. The summed E-state index contributed by atoms with van der Waals surface area (Å²) in [6, 6.07) is 0. The van der Waals surface area contributed by atoms with Crippen molar-refractivity contribution in [1.82, 2.24) is 0 Å². The zero-order valence-corrected chi connectivity index (χ0v) is 9.12. The van der Waals surface area contributed by atoms with Gasteiger partial charge >= 0.3 is 0 Å². The van der Waals surface area contributed by atoms with E-state index in [4.69, 9.17) is 9.47 Å². The number of epoxide rings is 1. The lowest BCUT2D eigenvalue weighted by molar-refractivity contribution is 0.189. The SMILES string of the molecule is C\C=C/C=C(C)\C(=C/C)OCC1CO1. The fraction of sp³-hybridized carbons (Fsp3) is 0.500. The molecule has 1 atom stereocenters. The molecular formula is C12H18O2. The van der Waals surface area contributed by atoms with Crippen molar-refractivity contribution in [2.24, 2.45) is 0 Å². The van der Waals surface area contributed by atoms with Gasteiger partial charge in [-0.2, -0.15) is 0 Å². The van der Waals surface area contributed by atoms with Crippen LogP contribution >= 0.6 is 0 Å². The van der Waals surface area contributed by atoms with Gasteiger partial charge in [-0.15, -0.1) is 0 Å². The monoisotopic (exact) mass is 194 g/mol. The maximum atomic E-state index is 5.61. The lowest BCUT2D eigenvalue weighted by atomic mass is 10.2. The van der Waals surface area contributed by atoms with Gasteiger partial charge in [0.15, 0.2) is 0 Å². The van der Waals surface area contributed by atoms with Crippen molar-refractivity contribution in [1.29, 1.82) is 0 Å². The van der Waals surface area contributed by atoms with Crippen molar-refractivity contribution in [2.45, 2.75) is 26.9 Å². The molecule has 78 valence electrons. The summed E-state index contributed by atoms with van der Waals surface area (Å²) in [6.45, 7) is 7.53. The highest BCUT2D eigenvalue weighted by atomic mass is 16.6. The van der Waals surface area contributed by atoms with Crippen LogP contribution in [0.2, 0.25) is 0 Å². The molecule has 1 aliphatic rings. The van der Waals surface area contributed by atoms with E-state index in [1.54, 1.807) is 0 Å². The van der Waals surface area contributed by atoms with Crippen LogP contribution in [-0.4, -0.2) is 19.3 Å². The molecule has 1 saturated heterocycles. The lowest BCUT2D eigenvalue weighted by Crippen LogP contribution is -2.02. The minimum Gasteiger partial charge on any atom is -0.491 e. The second-order valence-corrected chi connectivity index (χ2v) is 3.29. The smallest absolute Gasteiger partial charge is 0.118 e. The molecule has 14 heavy (non-hydrogen) atoms. The average Bonchev–Trinajstić information content (AvgIpc) is 2.99. The molecule has 0 bridgehead atoms. The first-order valence-electron chi connectivity index (χ1n) is 4.98. The van der Waals surface area contributed by atoms with Gasteiger partial charge in [0.05, 0.1) is 6.61 Å². The Bertz CT molecular complexity index is 257. The molecule has 0 aliphatic carbocycles. The summed E-state index contributed by atoms with van der Waals surface area (Å²) in [5, 5.41) is 0. The highest BCUT2D eigenvalue weighted by Crippen LogP contribution is 2.15. The fourth-order valence-electron chi connectivity index (χ4n) is 1.09. The molecule has 1 rings (SSSR count). The third-order valence-electron chi connectivity index (χ3n) is 2.02. The largest absolute Gasteiger partial charge is 0.491 e. The number of rotatable bonds is 5. The minimum absolute atomic E-state index is 0.319. The molecule has 0 spiro atoms. The van der Waals surface area contributed by atoms with Gasteiger partial charge in [-0.1, -0.05) is 18.2 Å². The van der Waals surface area contributed by atoms with Crippen LogP contribution in [-0.2, 0) is 9.47 Å². The highest BCUT2D eigenvalue weighted by molar-refractivity contribution is 5.27. The van der Waals surface area contributed by atoms with Gasteiger partial charge in [0.25, 0.3) is 0 Å². The Morgan fingerprint density at radius 2 is 2.21 bits per heavy atom. The Morgan fingerprint density at radius 3 is 2.71 bits per heavy atom. The Balaban J connectivity index is 2.43. The van der Waals surface area contributed by atoms with Crippen molar-refractivity contribution in [3.63, 3.8) is 0 Å². The zero-order chi connectivity index (χ0) is 10.4. The molecule has 2 nitrogen and oxygen atoms in total. The summed E-state index contributed by atoms with van der Waals surface area (Å²) >= 11 is 0. The molecule has 1 heterocycles. The standard InChI is InChI=1S/C12H18O2/c1-4-6-7-10(3)12(5-2)14-9-11-8-13-11/h4-7,11H,8-9H2,1-3H3/b6-4-,10-7-,12-5+. The molecule has 0 aromatic heterocycles.